The van der Waals surface area contributed by atoms with Gasteiger partial charge in [0.15, 0.2) is 0 Å². The summed E-state index contributed by atoms with van der Waals surface area (Å²) < 4.78 is 0. The molecule has 120 valence electrons. The molecule has 0 fully saturated rings. The molecule has 4 rings (SSSR count). The Bertz CT molecular complexity index is 947. The molecule has 4 aromatic rings. The Morgan fingerprint density at radius 2 is 1.32 bits per heavy atom. The molecule has 1 aromatic heterocycles. The molecule has 0 N–H and O–H groups in total. The molecule has 3 aromatic carbocycles. The number of benzene rings is 3. The molecular formula is C23H18N2. The lowest BCUT2D eigenvalue weighted by molar-refractivity contribution is 1.10. The average molecular weight is 322 g/mol. The third-order valence-electron chi connectivity index (χ3n) is 4.29. The van der Waals surface area contributed by atoms with Crippen molar-refractivity contribution in [1.29, 1.82) is 0 Å². The zero-order valence-corrected chi connectivity index (χ0v) is 13.8. The lowest BCUT2D eigenvalue weighted by Gasteiger charge is -2.13. The molecule has 25 heavy (non-hydrogen) atoms. The third kappa shape index (κ3) is 3.33. The molecule has 0 atom stereocenters. The van der Waals surface area contributed by atoms with Gasteiger partial charge in [-0.3, -0.25) is 9.98 Å². The molecule has 0 aliphatic carbocycles. The first kappa shape index (κ1) is 15.3. The second-order valence-electron chi connectivity index (χ2n) is 5.93. The Morgan fingerprint density at radius 1 is 0.680 bits per heavy atom. The Morgan fingerprint density at radius 3 is 2.00 bits per heavy atom. The number of rotatable bonds is 4. The van der Waals surface area contributed by atoms with E-state index in [9.17, 15) is 0 Å². The maximum atomic E-state index is 4.80. The number of hydrogen-bond donors (Lipinski definition) is 0. The van der Waals surface area contributed by atoms with Crippen molar-refractivity contribution in [2.75, 3.05) is 0 Å². The molecule has 0 aliphatic rings. The minimum atomic E-state index is 0.112. The molecular weight excluding hydrogens is 304 g/mol. The van der Waals surface area contributed by atoms with Crippen LogP contribution in [0.15, 0.2) is 102 Å². The van der Waals surface area contributed by atoms with Gasteiger partial charge in [-0.05, 0) is 23.3 Å². The highest BCUT2D eigenvalue weighted by Crippen LogP contribution is 2.27. The summed E-state index contributed by atoms with van der Waals surface area (Å²) in [6.45, 7) is 0. The van der Waals surface area contributed by atoms with E-state index in [1.807, 2.05) is 42.7 Å². The van der Waals surface area contributed by atoms with Crippen LogP contribution < -0.4 is 0 Å². The van der Waals surface area contributed by atoms with Gasteiger partial charge in [0.2, 0.25) is 0 Å². The van der Waals surface area contributed by atoms with Crippen molar-refractivity contribution in [2.24, 2.45) is 4.99 Å². The monoisotopic (exact) mass is 322 g/mol. The van der Waals surface area contributed by atoms with Crippen LogP contribution in [0.4, 0.5) is 5.69 Å². The van der Waals surface area contributed by atoms with E-state index in [1.54, 1.807) is 0 Å². The van der Waals surface area contributed by atoms with Gasteiger partial charge in [0.05, 0.1) is 11.2 Å². The van der Waals surface area contributed by atoms with Crippen LogP contribution in [-0.4, -0.2) is 11.2 Å². The summed E-state index contributed by atoms with van der Waals surface area (Å²) in [5.74, 6) is 0.112. The molecule has 0 saturated carbocycles. The van der Waals surface area contributed by atoms with Crippen LogP contribution in [0.5, 0.6) is 0 Å². The van der Waals surface area contributed by atoms with E-state index >= 15 is 0 Å². The first-order valence-corrected chi connectivity index (χ1v) is 8.40. The van der Waals surface area contributed by atoms with Crippen molar-refractivity contribution in [3.05, 3.63) is 108 Å². The fourth-order valence-corrected chi connectivity index (χ4v) is 3.03. The van der Waals surface area contributed by atoms with Crippen molar-refractivity contribution in [3.8, 4) is 0 Å². The van der Waals surface area contributed by atoms with E-state index in [0.29, 0.717) is 0 Å². The molecule has 0 saturated heterocycles. The lowest BCUT2D eigenvalue weighted by atomic mass is 9.92. The zero-order valence-electron chi connectivity index (χ0n) is 13.8. The summed E-state index contributed by atoms with van der Waals surface area (Å²) in [7, 11) is 0. The van der Waals surface area contributed by atoms with E-state index in [2.05, 4.69) is 65.6 Å². The molecule has 0 bridgehead atoms. The number of pyridine rings is 1. The summed E-state index contributed by atoms with van der Waals surface area (Å²) in [5.41, 5.74) is 4.28. The van der Waals surface area contributed by atoms with E-state index in [4.69, 9.17) is 4.99 Å². The van der Waals surface area contributed by atoms with Crippen LogP contribution in [0.3, 0.4) is 0 Å². The fourth-order valence-electron chi connectivity index (χ4n) is 3.03. The van der Waals surface area contributed by atoms with E-state index in [0.717, 1.165) is 16.6 Å². The van der Waals surface area contributed by atoms with Gasteiger partial charge < -0.3 is 0 Å². The Hall–Kier alpha value is -3.26. The van der Waals surface area contributed by atoms with Crippen molar-refractivity contribution >= 4 is 22.8 Å². The molecule has 0 aliphatic heterocycles. The van der Waals surface area contributed by atoms with Crippen molar-refractivity contribution in [3.63, 3.8) is 0 Å². The summed E-state index contributed by atoms with van der Waals surface area (Å²) >= 11 is 0. The molecule has 0 unspecified atom stereocenters. The van der Waals surface area contributed by atoms with Crippen molar-refractivity contribution < 1.29 is 0 Å². The van der Waals surface area contributed by atoms with Crippen molar-refractivity contribution in [2.45, 2.75) is 5.92 Å². The number of hydrogen-bond acceptors (Lipinski definition) is 2. The number of para-hydroxylation sites is 1. The van der Waals surface area contributed by atoms with E-state index in [1.165, 1.54) is 11.1 Å². The normalized spacial score (nSPS) is 11.4. The highest BCUT2D eigenvalue weighted by molar-refractivity contribution is 5.91. The molecule has 0 radical (unpaired) electrons. The molecule has 2 nitrogen and oxygen atoms in total. The van der Waals surface area contributed by atoms with E-state index in [-0.39, 0.29) is 5.92 Å². The number of fused-ring (bicyclic) bond motifs is 1. The topological polar surface area (TPSA) is 25.2 Å². The van der Waals surface area contributed by atoms with Gasteiger partial charge in [-0.25, -0.2) is 0 Å². The van der Waals surface area contributed by atoms with Crippen LogP contribution in [0, 0.1) is 0 Å². The van der Waals surface area contributed by atoms with Crippen LogP contribution in [0.2, 0.25) is 0 Å². The van der Waals surface area contributed by atoms with Crippen LogP contribution in [0.1, 0.15) is 17.0 Å². The standard InChI is InChI=1S/C23H18N2/c1-3-9-18(10-4-1)21(19-11-5-2-6-12-19)17-25-22-15-7-13-20-14-8-16-24-23(20)22/h1-17,21H. The Balaban J connectivity index is 1.77. The van der Waals surface area contributed by atoms with Crippen LogP contribution in [-0.2, 0) is 0 Å². The third-order valence-corrected chi connectivity index (χ3v) is 4.29. The van der Waals surface area contributed by atoms with Gasteiger partial charge >= 0.3 is 0 Å². The summed E-state index contributed by atoms with van der Waals surface area (Å²) in [6, 6.07) is 31.0. The van der Waals surface area contributed by atoms with Crippen LogP contribution >= 0.6 is 0 Å². The number of aliphatic imine (C=N–C) groups is 1. The van der Waals surface area contributed by atoms with Gasteiger partial charge in [-0.15, -0.1) is 0 Å². The highest BCUT2D eigenvalue weighted by Gasteiger charge is 2.11. The van der Waals surface area contributed by atoms with Gasteiger partial charge in [-0.2, -0.15) is 0 Å². The first-order chi connectivity index (χ1) is 12.4. The van der Waals surface area contributed by atoms with Gasteiger partial charge in [0.25, 0.3) is 0 Å². The molecule has 2 heteroatoms. The maximum Gasteiger partial charge on any atom is 0.0958 e. The highest BCUT2D eigenvalue weighted by atomic mass is 14.8. The van der Waals surface area contributed by atoms with Gasteiger partial charge in [0, 0.05) is 23.7 Å². The quantitative estimate of drug-likeness (QED) is 0.438. The second-order valence-corrected chi connectivity index (χ2v) is 5.93. The first-order valence-electron chi connectivity index (χ1n) is 8.40. The summed E-state index contributed by atoms with van der Waals surface area (Å²) in [6.07, 6.45) is 3.83. The summed E-state index contributed by atoms with van der Waals surface area (Å²) in [4.78, 5) is 9.29. The van der Waals surface area contributed by atoms with Crippen LogP contribution in [0.25, 0.3) is 10.9 Å². The summed E-state index contributed by atoms with van der Waals surface area (Å²) in [5, 5.41) is 1.10. The van der Waals surface area contributed by atoms with E-state index < -0.39 is 0 Å². The predicted octanol–water partition coefficient (Wildman–Crippen LogP) is 5.77. The molecule has 0 amide bonds. The minimum Gasteiger partial charge on any atom is -0.258 e. The zero-order chi connectivity index (χ0) is 16.9. The van der Waals surface area contributed by atoms with Gasteiger partial charge in [-0.1, -0.05) is 78.9 Å². The maximum absolute atomic E-state index is 4.80. The number of aromatic nitrogens is 1. The molecule has 0 spiro atoms. The smallest absolute Gasteiger partial charge is 0.0958 e. The van der Waals surface area contributed by atoms with Gasteiger partial charge in [0.1, 0.15) is 0 Å². The van der Waals surface area contributed by atoms with Crippen molar-refractivity contribution in [1.82, 2.24) is 4.98 Å². The number of nitrogens with zero attached hydrogens (tertiary/aromatic N) is 2. The fraction of sp³-hybridized carbons (Fsp3) is 0.0435. The Kier molecular flexibility index (Phi) is 4.34. The Labute approximate surface area is 147 Å². The molecule has 1 heterocycles. The second kappa shape index (κ2) is 7.10. The SMILES string of the molecule is C(=Nc1cccc2cccnc12)C(c1ccccc1)c1ccccc1. The predicted molar refractivity (Wildman–Crippen MR) is 105 cm³/mol. The minimum absolute atomic E-state index is 0.112. The average Bonchev–Trinajstić information content (AvgIpc) is 2.70. The largest absolute Gasteiger partial charge is 0.258 e. The lowest BCUT2D eigenvalue weighted by Crippen LogP contribution is -2.02.